The summed E-state index contributed by atoms with van der Waals surface area (Å²) in [5.74, 6) is 1.37. The van der Waals surface area contributed by atoms with Crippen molar-refractivity contribution in [3.8, 4) is 11.6 Å². The van der Waals surface area contributed by atoms with Gasteiger partial charge in [-0.3, -0.25) is 0 Å². The van der Waals surface area contributed by atoms with E-state index >= 15 is 0 Å². The number of hydrogen-bond donors (Lipinski definition) is 1. The summed E-state index contributed by atoms with van der Waals surface area (Å²) in [5.41, 5.74) is 7.88. The van der Waals surface area contributed by atoms with Gasteiger partial charge in [-0.15, -0.1) is 10.2 Å². The fourth-order valence-corrected chi connectivity index (χ4v) is 1.91. The lowest BCUT2D eigenvalue weighted by molar-refractivity contribution is 0.303. The maximum Gasteiger partial charge on any atom is 0.233 e. The van der Waals surface area contributed by atoms with Crippen LogP contribution in [0, 0.1) is 0 Å². The summed E-state index contributed by atoms with van der Waals surface area (Å²) < 4.78 is 10.7. The van der Waals surface area contributed by atoms with E-state index in [9.17, 15) is 0 Å². The lowest BCUT2D eigenvalue weighted by atomic mass is 10.0. The van der Waals surface area contributed by atoms with Crippen LogP contribution >= 0.6 is 0 Å². The van der Waals surface area contributed by atoms with Crippen molar-refractivity contribution in [3.05, 3.63) is 47.7 Å². The topological polar surface area (TPSA) is 70.3 Å². The van der Waals surface area contributed by atoms with Gasteiger partial charge in [-0.05, 0) is 36.6 Å². The molecule has 1 saturated carbocycles. The minimum atomic E-state index is -0.302. The summed E-state index contributed by atoms with van der Waals surface area (Å²) in [6.07, 6.45) is 2.72. The van der Waals surface area contributed by atoms with Crippen LogP contribution in [0.1, 0.15) is 30.1 Å². The van der Waals surface area contributed by atoms with Crippen LogP contribution in [0.25, 0.3) is 0 Å². The molecule has 1 fully saturated rings. The van der Waals surface area contributed by atoms with E-state index in [1.165, 1.54) is 0 Å². The van der Waals surface area contributed by atoms with Crippen LogP contribution in [0.15, 0.2) is 36.4 Å². The van der Waals surface area contributed by atoms with Crippen molar-refractivity contribution in [2.24, 2.45) is 5.73 Å². The third-order valence-electron chi connectivity index (χ3n) is 3.25. The van der Waals surface area contributed by atoms with E-state index in [-0.39, 0.29) is 6.04 Å². The lowest BCUT2D eigenvalue weighted by Gasteiger charge is -2.12. The van der Waals surface area contributed by atoms with Gasteiger partial charge in [0, 0.05) is 6.07 Å². The normalized spacial score (nSPS) is 15.7. The van der Waals surface area contributed by atoms with Crippen molar-refractivity contribution in [2.45, 2.75) is 25.0 Å². The largest absolute Gasteiger partial charge is 0.490 e. The summed E-state index contributed by atoms with van der Waals surface area (Å²) in [7, 11) is 1.56. The van der Waals surface area contributed by atoms with E-state index in [4.69, 9.17) is 15.2 Å². The highest BCUT2D eigenvalue weighted by atomic mass is 16.5. The number of methoxy groups -OCH3 is 1. The molecule has 1 heterocycles. The SMILES string of the molecule is COc1ccc(C(N)c2ccc(OC3CC3)cc2)nn1. The Labute approximate surface area is 117 Å². The van der Waals surface area contributed by atoms with Crippen LogP contribution in [0.3, 0.4) is 0 Å². The monoisotopic (exact) mass is 271 g/mol. The number of nitrogens with two attached hydrogens (primary N) is 1. The number of ether oxygens (including phenoxy) is 2. The molecule has 0 bridgehead atoms. The van der Waals surface area contributed by atoms with Gasteiger partial charge in [0.05, 0.1) is 24.9 Å². The Balaban J connectivity index is 1.72. The van der Waals surface area contributed by atoms with E-state index < -0.39 is 0 Å². The first kappa shape index (κ1) is 12.9. The minimum absolute atomic E-state index is 0.302. The molecule has 0 spiro atoms. The Morgan fingerprint density at radius 2 is 1.85 bits per heavy atom. The van der Waals surface area contributed by atoms with Gasteiger partial charge in [-0.25, -0.2) is 0 Å². The molecule has 3 rings (SSSR count). The quantitative estimate of drug-likeness (QED) is 0.901. The molecule has 1 aliphatic rings. The maximum atomic E-state index is 6.19. The maximum absolute atomic E-state index is 6.19. The zero-order valence-corrected chi connectivity index (χ0v) is 11.3. The Morgan fingerprint density at radius 3 is 2.40 bits per heavy atom. The molecule has 0 radical (unpaired) electrons. The van der Waals surface area contributed by atoms with E-state index in [0.717, 1.165) is 24.2 Å². The van der Waals surface area contributed by atoms with E-state index in [1.54, 1.807) is 13.2 Å². The van der Waals surface area contributed by atoms with Gasteiger partial charge < -0.3 is 15.2 Å². The third-order valence-corrected chi connectivity index (χ3v) is 3.25. The summed E-state index contributed by atoms with van der Waals surface area (Å²) in [6, 6.07) is 11.1. The molecule has 2 aromatic rings. The highest BCUT2D eigenvalue weighted by Crippen LogP contribution is 2.28. The van der Waals surface area contributed by atoms with E-state index in [2.05, 4.69) is 10.2 Å². The van der Waals surface area contributed by atoms with Crippen molar-refractivity contribution in [3.63, 3.8) is 0 Å². The zero-order chi connectivity index (χ0) is 13.9. The second-order valence-electron chi connectivity index (χ2n) is 4.86. The van der Waals surface area contributed by atoms with E-state index in [0.29, 0.717) is 17.7 Å². The van der Waals surface area contributed by atoms with Crippen molar-refractivity contribution in [1.29, 1.82) is 0 Å². The Kier molecular flexibility index (Phi) is 3.52. The average Bonchev–Trinajstić information content (AvgIpc) is 3.31. The molecule has 104 valence electrons. The lowest BCUT2D eigenvalue weighted by Crippen LogP contribution is -2.14. The molecule has 20 heavy (non-hydrogen) atoms. The fourth-order valence-electron chi connectivity index (χ4n) is 1.91. The number of benzene rings is 1. The summed E-state index contributed by atoms with van der Waals surface area (Å²) in [4.78, 5) is 0. The molecule has 1 atom stereocenters. The Bertz CT molecular complexity index is 565. The summed E-state index contributed by atoms with van der Waals surface area (Å²) in [5, 5.41) is 8.01. The fraction of sp³-hybridized carbons (Fsp3) is 0.333. The second-order valence-corrected chi connectivity index (χ2v) is 4.86. The summed E-state index contributed by atoms with van der Waals surface area (Å²) >= 11 is 0. The number of aromatic nitrogens is 2. The van der Waals surface area contributed by atoms with Crippen LogP contribution in [0.4, 0.5) is 0 Å². The molecule has 1 unspecified atom stereocenters. The van der Waals surface area contributed by atoms with Crippen LogP contribution in [-0.4, -0.2) is 23.4 Å². The Morgan fingerprint density at radius 1 is 1.10 bits per heavy atom. The first-order valence-corrected chi connectivity index (χ1v) is 6.66. The van der Waals surface area contributed by atoms with Crippen molar-refractivity contribution < 1.29 is 9.47 Å². The van der Waals surface area contributed by atoms with Crippen LogP contribution < -0.4 is 15.2 Å². The standard InChI is InChI=1S/C15H17N3O2/c1-19-14-9-8-13(17-18-14)15(16)10-2-4-11(5-3-10)20-12-6-7-12/h2-5,8-9,12,15H,6-7,16H2,1H3. The molecule has 5 nitrogen and oxygen atoms in total. The molecule has 5 heteroatoms. The van der Waals surface area contributed by atoms with E-state index in [1.807, 2.05) is 30.3 Å². The predicted octanol–water partition coefficient (Wildman–Crippen LogP) is 2.07. The molecular formula is C15H17N3O2. The smallest absolute Gasteiger partial charge is 0.233 e. The van der Waals surface area contributed by atoms with Crippen LogP contribution in [0.5, 0.6) is 11.6 Å². The number of rotatable bonds is 5. The highest BCUT2D eigenvalue weighted by molar-refractivity contribution is 5.33. The Hall–Kier alpha value is -2.14. The van der Waals surface area contributed by atoms with Crippen LogP contribution in [0.2, 0.25) is 0 Å². The molecule has 1 aromatic heterocycles. The predicted molar refractivity (Wildman–Crippen MR) is 74.7 cm³/mol. The minimum Gasteiger partial charge on any atom is -0.490 e. The molecule has 1 aliphatic carbocycles. The number of nitrogens with zero attached hydrogens (tertiary/aromatic N) is 2. The summed E-state index contributed by atoms with van der Waals surface area (Å²) in [6.45, 7) is 0. The molecule has 1 aromatic carbocycles. The number of hydrogen-bond acceptors (Lipinski definition) is 5. The third kappa shape index (κ3) is 2.88. The molecule has 0 saturated heterocycles. The van der Waals surface area contributed by atoms with Crippen molar-refractivity contribution >= 4 is 0 Å². The van der Waals surface area contributed by atoms with Crippen molar-refractivity contribution in [2.75, 3.05) is 7.11 Å². The van der Waals surface area contributed by atoms with Gasteiger partial charge in [-0.1, -0.05) is 12.1 Å². The molecule has 2 N–H and O–H groups in total. The molecule has 0 amide bonds. The molecule has 0 aliphatic heterocycles. The second kappa shape index (κ2) is 5.46. The highest BCUT2D eigenvalue weighted by Gasteiger charge is 2.23. The average molecular weight is 271 g/mol. The first-order valence-electron chi connectivity index (χ1n) is 6.66. The van der Waals surface area contributed by atoms with Gasteiger partial charge in [0.25, 0.3) is 0 Å². The van der Waals surface area contributed by atoms with Gasteiger partial charge in [0.15, 0.2) is 0 Å². The first-order chi connectivity index (χ1) is 9.76. The van der Waals surface area contributed by atoms with Crippen molar-refractivity contribution in [1.82, 2.24) is 10.2 Å². The molecular weight excluding hydrogens is 254 g/mol. The van der Waals surface area contributed by atoms with Crippen LogP contribution in [-0.2, 0) is 0 Å². The van der Waals surface area contributed by atoms with Gasteiger partial charge in [-0.2, -0.15) is 0 Å². The van der Waals surface area contributed by atoms with Gasteiger partial charge in [0.1, 0.15) is 5.75 Å². The van der Waals surface area contributed by atoms with Gasteiger partial charge in [0.2, 0.25) is 5.88 Å². The zero-order valence-electron chi connectivity index (χ0n) is 11.3. The van der Waals surface area contributed by atoms with Gasteiger partial charge >= 0.3 is 0 Å².